The number of benzene rings is 2. The molecule has 7 nitrogen and oxygen atoms in total. The van der Waals surface area contributed by atoms with E-state index in [9.17, 15) is 17.6 Å². The smallest absolute Gasteiger partial charge is 0.280 e. The van der Waals surface area contributed by atoms with Gasteiger partial charge in [-0.2, -0.15) is 12.8 Å². The maximum atomic E-state index is 13.8. The zero-order valence-electron chi connectivity index (χ0n) is 15.7. The van der Waals surface area contributed by atoms with Crippen molar-refractivity contribution in [2.24, 2.45) is 0 Å². The molecule has 0 atom stereocenters. The molecule has 0 aliphatic heterocycles. The van der Waals surface area contributed by atoms with E-state index in [-0.39, 0.29) is 27.8 Å². The Morgan fingerprint density at radius 1 is 1.16 bits per heavy atom. The quantitative estimate of drug-likeness (QED) is 0.434. The molecule has 31 heavy (non-hydrogen) atoms. The van der Waals surface area contributed by atoms with Crippen molar-refractivity contribution in [3.05, 3.63) is 82.9 Å². The molecule has 0 aliphatic rings. The van der Waals surface area contributed by atoms with E-state index in [0.717, 1.165) is 11.5 Å². The van der Waals surface area contributed by atoms with Crippen LogP contribution in [0, 0.1) is 5.82 Å². The van der Waals surface area contributed by atoms with Gasteiger partial charge in [-0.1, -0.05) is 29.8 Å². The third-order valence-electron chi connectivity index (χ3n) is 4.37. The summed E-state index contributed by atoms with van der Waals surface area (Å²) in [6.45, 7) is -0.0677. The Hall–Kier alpha value is -3.08. The van der Waals surface area contributed by atoms with Crippen molar-refractivity contribution >= 4 is 54.8 Å². The van der Waals surface area contributed by atoms with Gasteiger partial charge in [-0.15, -0.1) is 0 Å². The molecule has 1 amide bonds. The second-order valence-corrected chi connectivity index (χ2v) is 9.29. The molecule has 0 radical (unpaired) electrons. The lowest BCUT2D eigenvalue weighted by molar-refractivity contribution is 0.0951. The van der Waals surface area contributed by atoms with Gasteiger partial charge >= 0.3 is 0 Å². The Morgan fingerprint density at radius 3 is 2.77 bits per heavy atom. The summed E-state index contributed by atoms with van der Waals surface area (Å²) in [4.78, 5) is 16.7. The maximum absolute atomic E-state index is 13.8. The van der Waals surface area contributed by atoms with Crippen LogP contribution < -0.4 is 10.0 Å². The molecule has 2 heterocycles. The molecule has 0 aliphatic carbocycles. The number of sulfonamides is 1. The Bertz CT molecular complexity index is 1390. The molecule has 2 aromatic heterocycles. The van der Waals surface area contributed by atoms with Crippen LogP contribution in [0.4, 0.5) is 10.1 Å². The van der Waals surface area contributed by atoms with Crippen molar-refractivity contribution in [2.75, 3.05) is 4.72 Å². The number of amides is 1. The fourth-order valence-corrected chi connectivity index (χ4v) is 4.98. The van der Waals surface area contributed by atoms with Gasteiger partial charge in [0.2, 0.25) is 0 Å². The largest absolute Gasteiger partial charge is 0.348 e. The zero-order valence-corrected chi connectivity index (χ0v) is 18.1. The van der Waals surface area contributed by atoms with Gasteiger partial charge in [-0.05, 0) is 41.9 Å². The van der Waals surface area contributed by atoms with E-state index in [1.807, 2.05) is 0 Å². The average molecular weight is 477 g/mol. The number of hydrogen-bond acceptors (Lipinski definition) is 6. The number of aromatic nitrogens is 2. The Balaban J connectivity index is 1.63. The summed E-state index contributed by atoms with van der Waals surface area (Å²) in [5.74, 6) is -1.05. The summed E-state index contributed by atoms with van der Waals surface area (Å²) in [5, 5.41) is 2.97. The highest BCUT2D eigenvalue weighted by Crippen LogP contribution is 2.28. The molecule has 0 saturated carbocycles. The average Bonchev–Trinajstić information content (AvgIpc) is 3.21. The summed E-state index contributed by atoms with van der Waals surface area (Å²) in [5.41, 5.74) is 0.299. The van der Waals surface area contributed by atoms with Gasteiger partial charge in [0.05, 0.1) is 27.5 Å². The second-order valence-electron chi connectivity index (χ2n) is 6.42. The molecule has 2 N–H and O–H groups in total. The van der Waals surface area contributed by atoms with E-state index < -0.39 is 21.7 Å². The first-order chi connectivity index (χ1) is 14.8. The number of carbonyl (C=O) groups is 1. The van der Waals surface area contributed by atoms with Gasteiger partial charge in [-0.25, -0.2) is 9.37 Å². The van der Waals surface area contributed by atoms with E-state index in [1.165, 1.54) is 36.7 Å². The molecule has 158 valence electrons. The van der Waals surface area contributed by atoms with Gasteiger partial charge in [0.1, 0.15) is 5.82 Å². The number of rotatable bonds is 6. The first kappa shape index (κ1) is 21.2. The van der Waals surface area contributed by atoms with Gasteiger partial charge < -0.3 is 5.32 Å². The standard InChI is InChI=1S/C20H14ClFN4O3S2/c21-13-5-6-14(19(27)24-10-12-3-1-2-4-16(12)22)17(9-13)26-31(28,29)20-15-11-25-30-18(15)7-8-23-20/h1-9,11,26H,10H2,(H,24,27). The van der Waals surface area contributed by atoms with E-state index in [1.54, 1.807) is 24.3 Å². The van der Waals surface area contributed by atoms with Crippen LogP contribution in [0.3, 0.4) is 0 Å². The van der Waals surface area contributed by atoms with Crippen LogP contribution in [-0.2, 0) is 16.6 Å². The van der Waals surface area contributed by atoms with Crippen molar-refractivity contribution in [3.63, 3.8) is 0 Å². The highest BCUT2D eigenvalue weighted by atomic mass is 35.5. The van der Waals surface area contributed by atoms with Crippen LogP contribution >= 0.6 is 23.1 Å². The minimum atomic E-state index is -4.15. The number of anilines is 1. The van der Waals surface area contributed by atoms with E-state index >= 15 is 0 Å². The number of pyridine rings is 1. The topological polar surface area (TPSA) is 101 Å². The Morgan fingerprint density at radius 2 is 1.97 bits per heavy atom. The van der Waals surface area contributed by atoms with E-state index in [4.69, 9.17) is 11.6 Å². The summed E-state index contributed by atoms with van der Waals surface area (Å²) in [7, 11) is -4.15. The lowest BCUT2D eigenvalue weighted by Crippen LogP contribution is -2.25. The molecule has 0 spiro atoms. The number of nitrogens with one attached hydrogen (secondary N) is 2. The SMILES string of the molecule is O=C(NCc1ccccc1F)c1ccc(Cl)cc1NS(=O)(=O)c1nccc2sncc12. The number of nitrogens with zero attached hydrogens (tertiary/aromatic N) is 2. The molecule has 4 rings (SSSR count). The minimum absolute atomic E-state index is 0.0273. The fourth-order valence-electron chi connectivity index (χ4n) is 2.89. The number of halogens is 2. The van der Waals surface area contributed by atoms with Crippen LogP contribution in [-0.4, -0.2) is 23.7 Å². The van der Waals surface area contributed by atoms with Crippen LogP contribution in [0.25, 0.3) is 10.1 Å². The maximum Gasteiger partial charge on any atom is 0.280 e. The fraction of sp³-hybridized carbons (Fsp3) is 0.0500. The third-order valence-corrected chi connectivity index (χ3v) is 6.69. The molecule has 2 aromatic carbocycles. The Kier molecular flexibility index (Phi) is 5.86. The van der Waals surface area contributed by atoms with Gasteiger partial charge in [0, 0.05) is 23.3 Å². The second kappa shape index (κ2) is 8.58. The van der Waals surface area contributed by atoms with Crippen LogP contribution in [0.5, 0.6) is 0 Å². The lowest BCUT2D eigenvalue weighted by Gasteiger charge is -2.13. The molecule has 0 saturated heterocycles. The summed E-state index contributed by atoms with van der Waals surface area (Å²) < 4.78 is 46.9. The first-order valence-corrected chi connectivity index (χ1v) is 11.5. The minimum Gasteiger partial charge on any atom is -0.348 e. The molecular weight excluding hydrogens is 463 g/mol. The van der Waals surface area contributed by atoms with Crippen molar-refractivity contribution < 1.29 is 17.6 Å². The normalized spacial score (nSPS) is 11.4. The third kappa shape index (κ3) is 4.50. The number of hydrogen-bond donors (Lipinski definition) is 2. The molecule has 0 fully saturated rings. The van der Waals surface area contributed by atoms with E-state index in [2.05, 4.69) is 19.4 Å². The highest BCUT2D eigenvalue weighted by Gasteiger charge is 2.23. The number of fused-ring (bicyclic) bond motifs is 1. The zero-order chi connectivity index (χ0) is 22.0. The van der Waals surface area contributed by atoms with Crippen LogP contribution in [0.1, 0.15) is 15.9 Å². The number of carbonyl (C=O) groups excluding carboxylic acids is 1. The van der Waals surface area contributed by atoms with Crippen LogP contribution in [0.2, 0.25) is 5.02 Å². The van der Waals surface area contributed by atoms with Gasteiger partial charge in [-0.3, -0.25) is 9.52 Å². The van der Waals surface area contributed by atoms with Crippen LogP contribution in [0.15, 0.2) is 66.0 Å². The van der Waals surface area contributed by atoms with E-state index in [0.29, 0.717) is 15.6 Å². The van der Waals surface area contributed by atoms with Crippen molar-refractivity contribution in [2.45, 2.75) is 11.6 Å². The molecule has 4 aromatic rings. The molecule has 11 heteroatoms. The predicted octanol–water partition coefficient (Wildman–Crippen LogP) is 4.21. The van der Waals surface area contributed by atoms with Gasteiger partial charge in [0.15, 0.2) is 5.03 Å². The lowest BCUT2D eigenvalue weighted by atomic mass is 10.1. The van der Waals surface area contributed by atoms with Crippen molar-refractivity contribution in [1.82, 2.24) is 14.7 Å². The van der Waals surface area contributed by atoms with Crippen molar-refractivity contribution in [3.8, 4) is 0 Å². The summed E-state index contributed by atoms with van der Waals surface area (Å²) in [6, 6.07) is 11.9. The molecule has 0 unspecified atom stereocenters. The highest BCUT2D eigenvalue weighted by molar-refractivity contribution is 7.92. The monoisotopic (exact) mass is 476 g/mol. The predicted molar refractivity (Wildman–Crippen MR) is 117 cm³/mol. The summed E-state index contributed by atoms with van der Waals surface area (Å²) >= 11 is 7.17. The summed E-state index contributed by atoms with van der Waals surface area (Å²) in [6.07, 6.45) is 2.79. The van der Waals surface area contributed by atoms with Gasteiger partial charge in [0.25, 0.3) is 15.9 Å². The van der Waals surface area contributed by atoms with Crippen molar-refractivity contribution in [1.29, 1.82) is 0 Å². The first-order valence-electron chi connectivity index (χ1n) is 8.88. The molecule has 0 bridgehead atoms. The Labute approximate surface area is 186 Å². The molecular formula is C20H14ClFN4O3S2.